The highest BCUT2D eigenvalue weighted by Crippen LogP contribution is 2.38. The van der Waals surface area contributed by atoms with E-state index in [9.17, 15) is 14.4 Å². The summed E-state index contributed by atoms with van der Waals surface area (Å²) in [7, 11) is 0. The first-order valence-electron chi connectivity index (χ1n) is 11.0. The number of furan rings is 1. The molecule has 8 nitrogen and oxygen atoms in total. The summed E-state index contributed by atoms with van der Waals surface area (Å²) in [6.07, 6.45) is 2.33. The van der Waals surface area contributed by atoms with Crippen molar-refractivity contribution in [1.29, 1.82) is 0 Å². The molecule has 32 heavy (non-hydrogen) atoms. The second-order valence-corrected chi connectivity index (χ2v) is 8.61. The van der Waals surface area contributed by atoms with Crippen molar-refractivity contribution in [2.75, 3.05) is 19.7 Å². The summed E-state index contributed by atoms with van der Waals surface area (Å²) in [6.45, 7) is 5.15. The highest BCUT2D eigenvalue weighted by molar-refractivity contribution is 5.96. The van der Waals surface area contributed by atoms with E-state index >= 15 is 0 Å². The maximum atomic E-state index is 13.4. The van der Waals surface area contributed by atoms with Crippen LogP contribution in [0.1, 0.15) is 42.8 Å². The zero-order valence-electron chi connectivity index (χ0n) is 18.5. The van der Waals surface area contributed by atoms with Crippen molar-refractivity contribution in [3.8, 4) is 0 Å². The van der Waals surface area contributed by atoms with Crippen LogP contribution in [0.2, 0.25) is 0 Å². The largest absolute Gasteiger partial charge is 0.459 e. The molecule has 0 saturated carbocycles. The molecule has 3 heterocycles. The molecule has 0 aliphatic carbocycles. The highest BCUT2D eigenvalue weighted by Gasteiger charge is 2.54. The van der Waals surface area contributed by atoms with E-state index in [0.29, 0.717) is 32.5 Å². The van der Waals surface area contributed by atoms with Gasteiger partial charge in [0.25, 0.3) is 5.91 Å². The van der Waals surface area contributed by atoms with Crippen LogP contribution in [0.4, 0.5) is 0 Å². The second kappa shape index (κ2) is 9.16. The predicted molar refractivity (Wildman–Crippen MR) is 116 cm³/mol. The molecular formula is C24H29N3O5. The van der Waals surface area contributed by atoms with Crippen molar-refractivity contribution in [2.24, 2.45) is 5.92 Å². The molecule has 1 atom stereocenters. The van der Waals surface area contributed by atoms with E-state index in [4.69, 9.17) is 9.15 Å². The first-order valence-corrected chi connectivity index (χ1v) is 11.0. The topological polar surface area (TPSA) is 92.1 Å². The molecule has 8 heteroatoms. The molecule has 0 bridgehead atoms. The Bertz CT molecular complexity index is 949. The summed E-state index contributed by atoms with van der Waals surface area (Å²) in [5.74, 6) is -0.497. The lowest BCUT2D eigenvalue weighted by atomic mass is 9.96. The lowest BCUT2D eigenvalue weighted by molar-refractivity contribution is -0.146. The smallest absolute Gasteiger partial charge is 0.292 e. The number of piperidine rings is 1. The average Bonchev–Trinajstić information content (AvgIpc) is 3.47. The summed E-state index contributed by atoms with van der Waals surface area (Å²) >= 11 is 0. The van der Waals surface area contributed by atoms with Crippen molar-refractivity contribution in [1.82, 2.24) is 15.1 Å². The Morgan fingerprint density at radius 3 is 2.44 bits per heavy atom. The van der Waals surface area contributed by atoms with E-state index in [1.165, 1.54) is 11.2 Å². The summed E-state index contributed by atoms with van der Waals surface area (Å²) < 4.78 is 11.5. The number of hydrogen-bond donors (Lipinski definition) is 1. The minimum Gasteiger partial charge on any atom is -0.459 e. The quantitative estimate of drug-likeness (QED) is 0.773. The molecule has 0 radical (unpaired) electrons. The van der Waals surface area contributed by atoms with Crippen molar-refractivity contribution in [3.63, 3.8) is 0 Å². The Hall–Kier alpha value is -3.13. The number of amides is 3. The van der Waals surface area contributed by atoms with Crippen molar-refractivity contribution in [3.05, 3.63) is 60.1 Å². The van der Waals surface area contributed by atoms with E-state index in [1.54, 1.807) is 17.0 Å². The van der Waals surface area contributed by atoms with Crippen molar-refractivity contribution in [2.45, 2.75) is 45.0 Å². The number of hydrogen-bond acceptors (Lipinski definition) is 5. The first kappa shape index (κ1) is 22.1. The monoisotopic (exact) mass is 439 g/mol. The Morgan fingerprint density at radius 1 is 1.09 bits per heavy atom. The van der Waals surface area contributed by atoms with E-state index < -0.39 is 11.8 Å². The normalized spacial score (nSPS) is 20.0. The fourth-order valence-corrected chi connectivity index (χ4v) is 4.43. The van der Waals surface area contributed by atoms with Crippen LogP contribution < -0.4 is 5.32 Å². The number of rotatable bonds is 5. The minimum absolute atomic E-state index is 0.0823. The van der Waals surface area contributed by atoms with Crippen LogP contribution >= 0.6 is 0 Å². The number of nitrogens with one attached hydrogen (secondary N) is 1. The van der Waals surface area contributed by atoms with Gasteiger partial charge in [-0.3, -0.25) is 19.3 Å². The molecule has 2 aliphatic rings. The fourth-order valence-electron chi connectivity index (χ4n) is 4.43. The predicted octanol–water partition coefficient (Wildman–Crippen LogP) is 2.41. The van der Waals surface area contributed by atoms with Gasteiger partial charge >= 0.3 is 0 Å². The molecule has 2 aromatic rings. The zero-order valence-corrected chi connectivity index (χ0v) is 18.5. The van der Waals surface area contributed by atoms with E-state index in [0.717, 1.165) is 5.56 Å². The van der Waals surface area contributed by atoms with Crippen molar-refractivity contribution < 1.29 is 23.5 Å². The highest BCUT2D eigenvalue weighted by atomic mass is 16.5. The molecular weight excluding hydrogens is 410 g/mol. The Labute approximate surface area is 187 Å². The van der Waals surface area contributed by atoms with Crippen LogP contribution in [0.5, 0.6) is 0 Å². The van der Waals surface area contributed by atoms with Gasteiger partial charge in [0.05, 0.1) is 12.9 Å². The van der Waals surface area contributed by atoms with Gasteiger partial charge in [-0.25, -0.2) is 0 Å². The molecule has 2 saturated heterocycles. The number of carbonyl (C=O) groups is 3. The molecule has 1 aromatic carbocycles. The molecule has 1 spiro atoms. The maximum Gasteiger partial charge on any atom is 0.292 e. The third-order valence-corrected chi connectivity index (χ3v) is 6.17. The Balaban J connectivity index is 1.53. The summed E-state index contributed by atoms with van der Waals surface area (Å²) in [4.78, 5) is 42.3. The standard InChI is InChI=1S/C24H29N3O5/c1-17(2)22(29)26-12-10-24(11-13-26)27(23(30)20-9-6-14-31-20)19(16-32-24)21(28)25-15-18-7-4-3-5-8-18/h3-9,14,17,19H,10-13,15-16H2,1-2H3,(H,25,28). The molecule has 4 rings (SSSR count). The molecule has 2 fully saturated rings. The average molecular weight is 440 g/mol. The third-order valence-electron chi connectivity index (χ3n) is 6.17. The molecule has 2 aliphatic heterocycles. The van der Waals surface area contributed by atoms with Gasteiger partial charge in [-0.1, -0.05) is 44.2 Å². The van der Waals surface area contributed by atoms with Gasteiger partial charge in [-0.15, -0.1) is 0 Å². The number of ether oxygens (including phenoxy) is 1. The van der Waals surface area contributed by atoms with Crippen LogP contribution in [0.3, 0.4) is 0 Å². The molecule has 170 valence electrons. The van der Waals surface area contributed by atoms with Gasteiger partial charge in [0.15, 0.2) is 5.76 Å². The van der Waals surface area contributed by atoms with Crippen LogP contribution in [-0.4, -0.2) is 59.0 Å². The third kappa shape index (κ3) is 4.27. The van der Waals surface area contributed by atoms with Crippen LogP contribution in [-0.2, 0) is 20.9 Å². The second-order valence-electron chi connectivity index (χ2n) is 8.61. The molecule has 3 amide bonds. The number of nitrogens with zero attached hydrogens (tertiary/aromatic N) is 2. The fraction of sp³-hybridized carbons (Fsp3) is 0.458. The summed E-state index contributed by atoms with van der Waals surface area (Å²) in [5.41, 5.74) is 0.0331. The van der Waals surface area contributed by atoms with Gasteiger partial charge in [-0.05, 0) is 17.7 Å². The van der Waals surface area contributed by atoms with Crippen LogP contribution in [0, 0.1) is 5.92 Å². The summed E-state index contributed by atoms with van der Waals surface area (Å²) in [6, 6.07) is 12.1. The van der Waals surface area contributed by atoms with Gasteiger partial charge in [-0.2, -0.15) is 0 Å². The lowest BCUT2D eigenvalue weighted by Gasteiger charge is -2.44. The lowest BCUT2D eigenvalue weighted by Crippen LogP contribution is -2.60. The number of carbonyl (C=O) groups excluding carboxylic acids is 3. The number of likely N-dealkylation sites (tertiary alicyclic amines) is 1. The maximum absolute atomic E-state index is 13.4. The van der Waals surface area contributed by atoms with Gasteiger partial charge in [0.1, 0.15) is 11.8 Å². The van der Waals surface area contributed by atoms with Gasteiger partial charge in [0.2, 0.25) is 11.8 Å². The molecule has 1 N–H and O–H groups in total. The number of benzene rings is 1. The van der Waals surface area contributed by atoms with Crippen LogP contribution in [0.25, 0.3) is 0 Å². The van der Waals surface area contributed by atoms with Gasteiger partial charge < -0.3 is 19.4 Å². The summed E-state index contributed by atoms with van der Waals surface area (Å²) in [5, 5.41) is 2.93. The zero-order chi connectivity index (χ0) is 22.7. The molecule has 1 unspecified atom stereocenters. The Kier molecular flexibility index (Phi) is 6.32. The minimum atomic E-state index is -0.938. The van der Waals surface area contributed by atoms with Crippen LogP contribution in [0.15, 0.2) is 53.1 Å². The SMILES string of the molecule is CC(C)C(=O)N1CCC2(CC1)OCC(C(=O)NCc1ccccc1)N2C(=O)c1ccco1. The first-order chi connectivity index (χ1) is 15.4. The molecule has 1 aromatic heterocycles. The van der Waals surface area contributed by atoms with E-state index in [2.05, 4.69) is 5.32 Å². The van der Waals surface area contributed by atoms with E-state index in [-0.39, 0.29) is 36.0 Å². The Morgan fingerprint density at radius 2 is 1.81 bits per heavy atom. The van der Waals surface area contributed by atoms with Gasteiger partial charge in [0, 0.05) is 38.4 Å². The van der Waals surface area contributed by atoms with E-state index in [1.807, 2.05) is 44.2 Å². The van der Waals surface area contributed by atoms with Crippen molar-refractivity contribution >= 4 is 17.7 Å².